The molecule has 0 aliphatic heterocycles. The van der Waals surface area contributed by atoms with Crippen LogP contribution in [0.5, 0.6) is 5.75 Å². The molecule has 28 heavy (non-hydrogen) atoms. The summed E-state index contributed by atoms with van der Waals surface area (Å²) in [4.78, 5) is 20.6. The first-order valence-electron chi connectivity index (χ1n) is 8.89. The average molecular weight is 380 g/mol. The molecular formula is C21H21FN4O2. The van der Waals surface area contributed by atoms with Gasteiger partial charge in [-0.3, -0.25) is 4.79 Å². The number of hydrogen-bond donors (Lipinski definition) is 2. The lowest BCUT2D eigenvalue weighted by atomic mass is 10.2. The Morgan fingerprint density at radius 2 is 1.82 bits per heavy atom. The molecule has 0 saturated carbocycles. The summed E-state index contributed by atoms with van der Waals surface area (Å²) >= 11 is 0. The van der Waals surface area contributed by atoms with Crippen molar-refractivity contribution >= 4 is 17.4 Å². The number of para-hydroxylation sites is 2. The molecule has 0 fully saturated rings. The molecule has 0 spiro atoms. The monoisotopic (exact) mass is 380 g/mol. The van der Waals surface area contributed by atoms with Crippen molar-refractivity contribution in [2.45, 2.75) is 26.5 Å². The van der Waals surface area contributed by atoms with E-state index in [1.165, 1.54) is 18.5 Å². The number of anilines is 2. The third-order valence-electron chi connectivity index (χ3n) is 3.79. The van der Waals surface area contributed by atoms with Gasteiger partial charge in [0.25, 0.3) is 5.91 Å². The molecule has 0 bridgehead atoms. The predicted octanol–water partition coefficient (Wildman–Crippen LogP) is 4.08. The van der Waals surface area contributed by atoms with Gasteiger partial charge in [-0.05, 0) is 32.0 Å². The van der Waals surface area contributed by atoms with E-state index in [0.717, 1.165) is 5.69 Å². The van der Waals surface area contributed by atoms with E-state index in [0.29, 0.717) is 17.1 Å². The second-order valence-electron chi connectivity index (χ2n) is 6.35. The summed E-state index contributed by atoms with van der Waals surface area (Å²) in [6.45, 7) is 3.98. The van der Waals surface area contributed by atoms with Crippen LogP contribution in [0.15, 0.2) is 60.9 Å². The van der Waals surface area contributed by atoms with Gasteiger partial charge in [0.1, 0.15) is 23.1 Å². The van der Waals surface area contributed by atoms with Crippen LogP contribution in [-0.2, 0) is 6.54 Å². The van der Waals surface area contributed by atoms with Crippen LogP contribution >= 0.6 is 0 Å². The lowest BCUT2D eigenvalue weighted by Crippen LogP contribution is -2.24. The highest BCUT2D eigenvalue weighted by molar-refractivity contribution is 5.92. The number of nitrogens with one attached hydrogen (secondary N) is 2. The molecular weight excluding hydrogens is 359 g/mol. The van der Waals surface area contributed by atoms with Crippen molar-refractivity contribution in [2.24, 2.45) is 0 Å². The first kappa shape index (κ1) is 19.3. The van der Waals surface area contributed by atoms with Crippen molar-refractivity contribution in [2.75, 3.05) is 5.32 Å². The van der Waals surface area contributed by atoms with Crippen molar-refractivity contribution in [3.8, 4) is 5.75 Å². The highest BCUT2D eigenvalue weighted by Gasteiger charge is 2.10. The van der Waals surface area contributed by atoms with Crippen LogP contribution in [-0.4, -0.2) is 22.0 Å². The molecule has 0 atom stereocenters. The lowest BCUT2D eigenvalue weighted by molar-refractivity contribution is 0.0945. The van der Waals surface area contributed by atoms with E-state index in [9.17, 15) is 9.18 Å². The largest absolute Gasteiger partial charge is 0.489 e. The summed E-state index contributed by atoms with van der Waals surface area (Å²) in [6, 6.07) is 13.8. The summed E-state index contributed by atoms with van der Waals surface area (Å²) in [7, 11) is 0. The Labute approximate surface area is 162 Å². The second-order valence-corrected chi connectivity index (χ2v) is 6.35. The van der Waals surface area contributed by atoms with Gasteiger partial charge in [-0.15, -0.1) is 0 Å². The second kappa shape index (κ2) is 8.94. The van der Waals surface area contributed by atoms with E-state index in [1.54, 1.807) is 18.2 Å². The quantitative estimate of drug-likeness (QED) is 0.646. The Morgan fingerprint density at radius 1 is 1.07 bits per heavy atom. The Kier molecular flexibility index (Phi) is 6.16. The normalized spacial score (nSPS) is 10.6. The lowest BCUT2D eigenvalue weighted by Gasteiger charge is -2.15. The summed E-state index contributed by atoms with van der Waals surface area (Å²) < 4.78 is 19.4. The molecule has 1 amide bonds. The van der Waals surface area contributed by atoms with E-state index in [-0.39, 0.29) is 24.2 Å². The fraction of sp³-hybridized carbons (Fsp3) is 0.190. The Bertz CT molecular complexity index is 945. The molecule has 0 aliphatic carbocycles. The molecule has 3 aromatic rings. The van der Waals surface area contributed by atoms with Gasteiger partial charge < -0.3 is 15.4 Å². The van der Waals surface area contributed by atoms with Crippen LogP contribution in [0.25, 0.3) is 0 Å². The highest BCUT2D eigenvalue weighted by atomic mass is 19.1. The van der Waals surface area contributed by atoms with Gasteiger partial charge >= 0.3 is 0 Å². The number of carbonyl (C=O) groups is 1. The standard InChI is InChI=1S/C21H21FN4O2/c1-14(2)28-19-10-6-5-9-17(19)26-20-13-23-18(12-24-20)21(27)25-11-15-7-3-4-8-16(15)22/h3-10,12-14H,11H2,1-2H3,(H,24,26)(H,25,27). The van der Waals surface area contributed by atoms with Gasteiger partial charge in [0.05, 0.1) is 24.2 Å². The van der Waals surface area contributed by atoms with Gasteiger partial charge in [0.2, 0.25) is 0 Å². The van der Waals surface area contributed by atoms with E-state index in [2.05, 4.69) is 20.6 Å². The van der Waals surface area contributed by atoms with Gasteiger partial charge in [0, 0.05) is 12.1 Å². The zero-order valence-corrected chi connectivity index (χ0v) is 15.6. The summed E-state index contributed by atoms with van der Waals surface area (Å²) in [5.41, 5.74) is 1.31. The number of halogens is 1. The minimum absolute atomic E-state index is 0.0366. The molecule has 1 heterocycles. The fourth-order valence-electron chi connectivity index (χ4n) is 2.48. The summed E-state index contributed by atoms with van der Waals surface area (Å²) in [5, 5.41) is 5.76. The van der Waals surface area contributed by atoms with Gasteiger partial charge in [-0.25, -0.2) is 14.4 Å². The summed E-state index contributed by atoms with van der Waals surface area (Å²) in [6.07, 6.45) is 2.87. The van der Waals surface area contributed by atoms with Crippen molar-refractivity contribution < 1.29 is 13.9 Å². The zero-order valence-electron chi connectivity index (χ0n) is 15.6. The highest BCUT2D eigenvalue weighted by Crippen LogP contribution is 2.27. The summed E-state index contributed by atoms with van der Waals surface area (Å²) in [5.74, 6) is 0.387. The van der Waals surface area contributed by atoms with Gasteiger partial charge in [-0.1, -0.05) is 30.3 Å². The topological polar surface area (TPSA) is 76.1 Å². The van der Waals surface area contributed by atoms with Crippen LogP contribution in [0.3, 0.4) is 0 Å². The Balaban J connectivity index is 1.64. The molecule has 7 heteroatoms. The molecule has 0 unspecified atom stereocenters. The minimum Gasteiger partial charge on any atom is -0.489 e. The third-order valence-corrected chi connectivity index (χ3v) is 3.79. The number of aromatic nitrogens is 2. The van der Waals surface area contributed by atoms with Crippen molar-refractivity contribution in [3.05, 3.63) is 78.0 Å². The van der Waals surface area contributed by atoms with Gasteiger partial charge in [-0.2, -0.15) is 0 Å². The van der Waals surface area contributed by atoms with Crippen LogP contribution in [0.2, 0.25) is 0 Å². The van der Waals surface area contributed by atoms with E-state index in [1.807, 2.05) is 38.1 Å². The SMILES string of the molecule is CC(C)Oc1ccccc1Nc1cnc(C(=O)NCc2ccccc2F)cn1. The predicted molar refractivity (Wildman–Crippen MR) is 105 cm³/mol. The Hall–Kier alpha value is -3.48. The molecule has 3 rings (SSSR count). The van der Waals surface area contributed by atoms with E-state index >= 15 is 0 Å². The molecule has 1 aromatic heterocycles. The van der Waals surface area contributed by atoms with Crippen LogP contribution in [0.1, 0.15) is 29.9 Å². The average Bonchev–Trinajstić information content (AvgIpc) is 2.69. The maximum atomic E-state index is 13.6. The number of amides is 1. The third kappa shape index (κ3) is 5.03. The number of nitrogens with zero attached hydrogens (tertiary/aromatic N) is 2. The van der Waals surface area contributed by atoms with Crippen molar-refractivity contribution in [1.82, 2.24) is 15.3 Å². The molecule has 0 aliphatic rings. The number of rotatable bonds is 7. The Morgan fingerprint density at radius 3 is 2.54 bits per heavy atom. The van der Waals surface area contributed by atoms with E-state index < -0.39 is 5.91 Å². The molecule has 144 valence electrons. The van der Waals surface area contributed by atoms with Crippen molar-refractivity contribution in [3.63, 3.8) is 0 Å². The van der Waals surface area contributed by atoms with Crippen molar-refractivity contribution in [1.29, 1.82) is 0 Å². The first-order chi connectivity index (χ1) is 13.5. The van der Waals surface area contributed by atoms with Crippen LogP contribution < -0.4 is 15.4 Å². The number of ether oxygens (including phenoxy) is 1. The van der Waals surface area contributed by atoms with Crippen LogP contribution in [0.4, 0.5) is 15.9 Å². The molecule has 0 radical (unpaired) electrons. The fourth-order valence-corrected chi connectivity index (χ4v) is 2.48. The smallest absolute Gasteiger partial charge is 0.271 e. The van der Waals surface area contributed by atoms with Crippen LogP contribution in [0, 0.1) is 5.82 Å². The maximum Gasteiger partial charge on any atom is 0.271 e. The van der Waals surface area contributed by atoms with E-state index in [4.69, 9.17) is 4.74 Å². The number of benzene rings is 2. The molecule has 2 aromatic carbocycles. The molecule has 0 saturated heterocycles. The zero-order chi connectivity index (χ0) is 19.9. The molecule has 6 nitrogen and oxygen atoms in total. The first-order valence-corrected chi connectivity index (χ1v) is 8.89. The maximum absolute atomic E-state index is 13.6. The van der Waals surface area contributed by atoms with Gasteiger partial charge in [0.15, 0.2) is 0 Å². The molecule has 2 N–H and O–H groups in total. The number of hydrogen-bond acceptors (Lipinski definition) is 5. The minimum atomic E-state index is -0.425. The number of carbonyl (C=O) groups excluding carboxylic acids is 1.